The lowest BCUT2D eigenvalue weighted by molar-refractivity contribution is 0.669. The molecule has 5 heteroatoms. The summed E-state index contributed by atoms with van der Waals surface area (Å²) in [6.45, 7) is 0. The van der Waals surface area contributed by atoms with Crippen molar-refractivity contribution < 1.29 is 4.42 Å². The Morgan fingerprint density at radius 3 is 1.91 bits per heavy atom. The Labute approximate surface area is 315 Å². The third-order valence-corrected chi connectivity index (χ3v) is 11.1. The van der Waals surface area contributed by atoms with Crippen LogP contribution < -0.4 is 0 Å². The number of nitrogens with zero attached hydrogens (tertiary/aromatic N) is 4. The zero-order chi connectivity index (χ0) is 36.0. The summed E-state index contributed by atoms with van der Waals surface area (Å²) in [6, 6.07) is 64.1. The highest BCUT2D eigenvalue weighted by Gasteiger charge is 2.25. The quantitative estimate of drug-likeness (QED) is 0.183. The zero-order valence-electron chi connectivity index (χ0n) is 29.5. The molecule has 0 aliphatic heterocycles. The molecule has 4 heterocycles. The number of para-hydroxylation sites is 3. The Balaban J connectivity index is 1.25. The molecule has 0 fully saturated rings. The number of hydrogen-bond acceptors (Lipinski definition) is 3. The van der Waals surface area contributed by atoms with Gasteiger partial charge in [-0.3, -0.25) is 4.57 Å². The van der Waals surface area contributed by atoms with E-state index >= 15 is 0 Å². The van der Waals surface area contributed by atoms with Crippen molar-refractivity contribution in [2.45, 2.75) is 0 Å². The van der Waals surface area contributed by atoms with Gasteiger partial charge in [-0.05, 0) is 59.7 Å². The molecule has 0 unspecified atom stereocenters. The monoisotopic (exact) mass is 702 g/mol. The molecule has 4 aromatic heterocycles. The molecule has 0 atom stereocenters. The summed E-state index contributed by atoms with van der Waals surface area (Å²) in [6.07, 6.45) is 0. The maximum absolute atomic E-state index is 6.47. The molecular formula is C50H30N4O. The van der Waals surface area contributed by atoms with E-state index in [1.807, 2.05) is 18.2 Å². The van der Waals surface area contributed by atoms with Crippen LogP contribution in [0.1, 0.15) is 0 Å². The largest absolute Gasteiger partial charge is 0.456 e. The van der Waals surface area contributed by atoms with Crippen molar-refractivity contribution in [3.05, 3.63) is 182 Å². The summed E-state index contributed by atoms with van der Waals surface area (Å²) in [5.74, 6) is 0.639. The third-order valence-electron chi connectivity index (χ3n) is 11.1. The van der Waals surface area contributed by atoms with Crippen molar-refractivity contribution in [3.8, 4) is 34.0 Å². The molecule has 256 valence electrons. The SMILES string of the molecule is c1ccc(-c2cccc(-n3c4ccc5oc6ccccc6c5c4c4ccc5c(c6ccccc6n5-c5nc(-c6ccccc6)c6ccccc6n5)c43)c2)cc1. The Bertz CT molecular complexity index is 3480. The highest BCUT2D eigenvalue weighted by molar-refractivity contribution is 6.33. The normalized spacial score (nSPS) is 12.0. The van der Waals surface area contributed by atoms with Gasteiger partial charge in [0, 0.05) is 49.0 Å². The van der Waals surface area contributed by atoms with Gasteiger partial charge in [0.1, 0.15) is 11.2 Å². The molecule has 0 N–H and O–H groups in total. The lowest BCUT2D eigenvalue weighted by Gasteiger charge is -2.12. The van der Waals surface area contributed by atoms with E-state index in [4.69, 9.17) is 14.4 Å². The fourth-order valence-electron chi connectivity index (χ4n) is 8.78. The minimum atomic E-state index is 0.639. The van der Waals surface area contributed by atoms with Gasteiger partial charge < -0.3 is 8.98 Å². The number of furan rings is 1. The first-order chi connectivity index (χ1) is 27.3. The molecule has 55 heavy (non-hydrogen) atoms. The third kappa shape index (κ3) is 4.35. The molecule has 0 bridgehead atoms. The molecule has 5 nitrogen and oxygen atoms in total. The van der Waals surface area contributed by atoms with Crippen molar-refractivity contribution in [1.82, 2.24) is 19.1 Å². The van der Waals surface area contributed by atoms with Crippen LogP contribution in [0.5, 0.6) is 0 Å². The Hall–Kier alpha value is -7.50. The van der Waals surface area contributed by atoms with Crippen LogP contribution in [-0.4, -0.2) is 19.1 Å². The van der Waals surface area contributed by atoms with Crippen LogP contribution >= 0.6 is 0 Å². The first kappa shape index (κ1) is 30.0. The van der Waals surface area contributed by atoms with Crippen molar-refractivity contribution >= 4 is 76.5 Å². The standard InChI is InChI=1S/C50H30N4O/c1-3-14-31(15-4-1)33-18-13-19-34(30-33)53-41-28-29-44-47(37-22-9-12-25-43(37)55-44)45(41)38-26-27-42-46(49(38)53)36-21-8-11-24-40(36)54(42)50-51-39-23-10-7-20-35(39)48(52-50)32-16-5-2-6-17-32/h1-30H. The van der Waals surface area contributed by atoms with Gasteiger partial charge in [0.15, 0.2) is 0 Å². The van der Waals surface area contributed by atoms with E-state index in [9.17, 15) is 0 Å². The fraction of sp³-hybridized carbons (Fsp3) is 0. The van der Waals surface area contributed by atoms with Crippen LogP contribution in [0, 0.1) is 0 Å². The van der Waals surface area contributed by atoms with Gasteiger partial charge in [-0.1, -0.05) is 133 Å². The first-order valence-corrected chi connectivity index (χ1v) is 18.6. The fourth-order valence-corrected chi connectivity index (χ4v) is 8.78. The van der Waals surface area contributed by atoms with Crippen LogP contribution in [0.4, 0.5) is 0 Å². The molecule has 12 rings (SSSR count). The van der Waals surface area contributed by atoms with E-state index in [-0.39, 0.29) is 0 Å². The highest BCUT2D eigenvalue weighted by atomic mass is 16.3. The average molecular weight is 703 g/mol. The number of hydrogen-bond donors (Lipinski definition) is 0. The summed E-state index contributed by atoms with van der Waals surface area (Å²) in [7, 11) is 0. The molecule has 0 spiro atoms. The molecule has 12 aromatic rings. The van der Waals surface area contributed by atoms with Crippen LogP contribution in [0.15, 0.2) is 186 Å². The molecule has 0 radical (unpaired) electrons. The van der Waals surface area contributed by atoms with E-state index in [2.05, 4.69) is 173 Å². The van der Waals surface area contributed by atoms with Gasteiger partial charge in [0.2, 0.25) is 5.95 Å². The molecule has 0 aliphatic carbocycles. The second-order valence-corrected chi connectivity index (χ2v) is 14.1. The van der Waals surface area contributed by atoms with Crippen LogP contribution in [0.3, 0.4) is 0 Å². The molecular weight excluding hydrogens is 673 g/mol. The molecule has 0 aliphatic rings. The Morgan fingerprint density at radius 1 is 0.382 bits per heavy atom. The highest BCUT2D eigenvalue weighted by Crippen LogP contribution is 2.46. The van der Waals surface area contributed by atoms with Crippen LogP contribution in [0.2, 0.25) is 0 Å². The van der Waals surface area contributed by atoms with E-state index in [0.717, 1.165) is 93.6 Å². The minimum absolute atomic E-state index is 0.639. The maximum Gasteiger partial charge on any atom is 0.235 e. The number of fused-ring (bicyclic) bond motifs is 12. The molecule has 8 aromatic carbocycles. The molecule has 0 saturated carbocycles. The summed E-state index contributed by atoms with van der Waals surface area (Å²) in [5.41, 5.74) is 12.4. The number of rotatable bonds is 4. The second-order valence-electron chi connectivity index (χ2n) is 14.1. The second kappa shape index (κ2) is 11.5. The van der Waals surface area contributed by atoms with Crippen molar-refractivity contribution in [1.29, 1.82) is 0 Å². The average Bonchev–Trinajstić information content (AvgIpc) is 3.91. The van der Waals surface area contributed by atoms with Gasteiger partial charge in [-0.2, -0.15) is 0 Å². The van der Waals surface area contributed by atoms with E-state index < -0.39 is 0 Å². The lowest BCUT2D eigenvalue weighted by Crippen LogP contribution is -2.03. The van der Waals surface area contributed by atoms with Gasteiger partial charge >= 0.3 is 0 Å². The molecule has 0 saturated heterocycles. The van der Waals surface area contributed by atoms with Crippen molar-refractivity contribution in [2.75, 3.05) is 0 Å². The van der Waals surface area contributed by atoms with Crippen molar-refractivity contribution in [2.24, 2.45) is 0 Å². The number of benzene rings is 8. The maximum atomic E-state index is 6.47. The number of aromatic nitrogens is 4. The predicted molar refractivity (Wildman–Crippen MR) is 226 cm³/mol. The first-order valence-electron chi connectivity index (χ1n) is 18.6. The summed E-state index contributed by atoms with van der Waals surface area (Å²) in [4.78, 5) is 10.6. The lowest BCUT2D eigenvalue weighted by atomic mass is 10.0. The predicted octanol–water partition coefficient (Wildman–Crippen LogP) is 13.1. The Kier molecular flexibility index (Phi) is 6.27. The summed E-state index contributed by atoms with van der Waals surface area (Å²) >= 11 is 0. The van der Waals surface area contributed by atoms with Crippen LogP contribution in [0.25, 0.3) is 110 Å². The summed E-state index contributed by atoms with van der Waals surface area (Å²) < 4.78 is 11.2. The van der Waals surface area contributed by atoms with E-state index in [1.54, 1.807) is 0 Å². The smallest absolute Gasteiger partial charge is 0.235 e. The van der Waals surface area contributed by atoms with Gasteiger partial charge in [0.05, 0.1) is 33.3 Å². The van der Waals surface area contributed by atoms with Gasteiger partial charge in [-0.15, -0.1) is 0 Å². The summed E-state index contributed by atoms with van der Waals surface area (Å²) in [5, 5.41) is 7.89. The zero-order valence-corrected chi connectivity index (χ0v) is 29.5. The topological polar surface area (TPSA) is 48.8 Å². The Morgan fingerprint density at radius 2 is 1.05 bits per heavy atom. The van der Waals surface area contributed by atoms with E-state index in [0.29, 0.717) is 5.95 Å². The van der Waals surface area contributed by atoms with Gasteiger partial charge in [-0.25, -0.2) is 9.97 Å². The van der Waals surface area contributed by atoms with Crippen LogP contribution in [-0.2, 0) is 0 Å². The van der Waals surface area contributed by atoms with E-state index in [1.165, 1.54) is 10.9 Å². The minimum Gasteiger partial charge on any atom is -0.456 e. The van der Waals surface area contributed by atoms with Crippen molar-refractivity contribution in [3.63, 3.8) is 0 Å². The molecule has 0 amide bonds. The van der Waals surface area contributed by atoms with Gasteiger partial charge in [0.25, 0.3) is 0 Å².